The predicted octanol–water partition coefficient (Wildman–Crippen LogP) is 5.96. The smallest absolute Gasteiger partial charge is 0.335 e. The maximum atomic E-state index is 14.8. The first-order valence-corrected chi connectivity index (χ1v) is 11.0. The SMILES string of the molecule is O=C(O)c1ccc(Nc2ncc3c(n2)-c2c(oc4ccccc24)C(c2c(F)cccc2F)=NC3)cc1. The van der Waals surface area contributed by atoms with Crippen LogP contribution in [0, 0.1) is 11.6 Å². The minimum Gasteiger partial charge on any atom is -0.478 e. The normalized spacial score (nSPS) is 12.4. The van der Waals surface area contributed by atoms with Gasteiger partial charge >= 0.3 is 5.97 Å². The molecule has 7 nitrogen and oxygen atoms in total. The number of hydrogen-bond acceptors (Lipinski definition) is 6. The third-order valence-corrected chi connectivity index (χ3v) is 5.91. The standard InChI is InChI=1S/C27H16F2N4O3/c28-18-5-3-6-19(29)22(18)24-25-21(17-4-1-2-7-20(17)36-25)23-15(12-30-24)13-31-27(33-23)32-16-10-8-14(9-11-16)26(34)35/h1-11,13H,12H2,(H,34,35)(H,31,32,33). The van der Waals surface area contributed by atoms with Crippen LogP contribution in [0.15, 0.2) is 82.3 Å². The molecule has 3 heterocycles. The zero-order chi connectivity index (χ0) is 24.8. The molecule has 6 rings (SSSR count). The summed E-state index contributed by atoms with van der Waals surface area (Å²) in [5.74, 6) is -2.04. The molecule has 0 unspecified atom stereocenters. The van der Waals surface area contributed by atoms with E-state index in [1.165, 1.54) is 30.3 Å². The van der Waals surface area contributed by atoms with Crippen LogP contribution in [0.2, 0.25) is 0 Å². The van der Waals surface area contributed by atoms with Crippen LogP contribution < -0.4 is 5.32 Å². The third-order valence-electron chi connectivity index (χ3n) is 5.91. The number of halogens is 2. The van der Waals surface area contributed by atoms with Gasteiger partial charge in [0.15, 0.2) is 5.76 Å². The lowest BCUT2D eigenvalue weighted by molar-refractivity contribution is 0.0697. The average molecular weight is 482 g/mol. The van der Waals surface area contributed by atoms with E-state index in [0.29, 0.717) is 28.1 Å². The fourth-order valence-electron chi connectivity index (χ4n) is 4.22. The molecule has 0 saturated carbocycles. The number of aliphatic imine (C=N–C) groups is 1. The number of aromatic nitrogens is 2. The molecule has 2 N–H and O–H groups in total. The maximum Gasteiger partial charge on any atom is 0.335 e. The van der Waals surface area contributed by atoms with Crippen LogP contribution in [0.5, 0.6) is 0 Å². The number of benzene rings is 3. The van der Waals surface area contributed by atoms with Gasteiger partial charge in [-0.3, -0.25) is 4.99 Å². The van der Waals surface area contributed by atoms with Crippen molar-refractivity contribution in [2.45, 2.75) is 6.54 Å². The number of nitrogens with one attached hydrogen (secondary N) is 1. The molecule has 0 bridgehead atoms. The number of carboxylic acids is 1. The van der Waals surface area contributed by atoms with E-state index in [1.807, 2.05) is 12.1 Å². The number of carboxylic acid groups (broad SMARTS) is 1. The van der Waals surface area contributed by atoms with Gasteiger partial charge in [0, 0.05) is 22.8 Å². The number of furan rings is 1. The fraction of sp³-hybridized carbons (Fsp3) is 0.0370. The Hall–Kier alpha value is -4.92. The van der Waals surface area contributed by atoms with Crippen LogP contribution in [-0.2, 0) is 6.54 Å². The van der Waals surface area contributed by atoms with Crippen molar-refractivity contribution in [3.05, 3.63) is 107 Å². The van der Waals surface area contributed by atoms with Crippen molar-refractivity contribution in [3.8, 4) is 11.3 Å². The molecule has 0 saturated heterocycles. The van der Waals surface area contributed by atoms with Crippen LogP contribution in [0.1, 0.15) is 27.2 Å². The first-order chi connectivity index (χ1) is 17.5. The number of nitrogens with zero attached hydrogens (tertiary/aromatic N) is 3. The third kappa shape index (κ3) is 3.58. The van der Waals surface area contributed by atoms with Crippen molar-refractivity contribution in [2.24, 2.45) is 4.99 Å². The average Bonchev–Trinajstić information content (AvgIpc) is 3.18. The summed E-state index contributed by atoms with van der Waals surface area (Å²) in [5, 5.41) is 12.9. The van der Waals surface area contributed by atoms with Crippen molar-refractivity contribution in [1.82, 2.24) is 9.97 Å². The summed E-state index contributed by atoms with van der Waals surface area (Å²) >= 11 is 0. The largest absolute Gasteiger partial charge is 0.478 e. The molecule has 36 heavy (non-hydrogen) atoms. The van der Waals surface area contributed by atoms with Gasteiger partial charge in [0.05, 0.1) is 28.9 Å². The van der Waals surface area contributed by atoms with E-state index < -0.39 is 17.6 Å². The molecule has 1 aliphatic rings. The molecule has 3 aromatic carbocycles. The van der Waals surface area contributed by atoms with E-state index in [0.717, 1.165) is 5.39 Å². The highest BCUT2D eigenvalue weighted by Crippen LogP contribution is 2.40. The summed E-state index contributed by atoms with van der Waals surface area (Å²) in [5.41, 5.74) is 2.80. The lowest BCUT2D eigenvalue weighted by atomic mass is 9.99. The Morgan fingerprint density at radius 2 is 1.69 bits per heavy atom. The topological polar surface area (TPSA) is 101 Å². The van der Waals surface area contributed by atoms with Gasteiger partial charge in [-0.2, -0.15) is 0 Å². The minimum absolute atomic E-state index is 0.0635. The van der Waals surface area contributed by atoms with Gasteiger partial charge in [-0.1, -0.05) is 24.3 Å². The molecule has 0 aliphatic carbocycles. The maximum absolute atomic E-state index is 14.8. The van der Waals surface area contributed by atoms with Gasteiger partial charge in [-0.15, -0.1) is 0 Å². The molecular formula is C27H16F2N4O3. The van der Waals surface area contributed by atoms with Crippen LogP contribution in [0.3, 0.4) is 0 Å². The van der Waals surface area contributed by atoms with Crippen LogP contribution in [-0.4, -0.2) is 26.8 Å². The molecule has 0 radical (unpaired) electrons. The van der Waals surface area contributed by atoms with Crippen LogP contribution in [0.4, 0.5) is 20.4 Å². The molecular weight excluding hydrogens is 466 g/mol. The Bertz CT molecular complexity index is 1670. The Morgan fingerprint density at radius 3 is 2.44 bits per heavy atom. The summed E-state index contributed by atoms with van der Waals surface area (Å²) in [6, 6.07) is 17.1. The number of anilines is 2. The number of carbonyl (C=O) groups is 1. The Labute approximate surface area is 202 Å². The molecule has 176 valence electrons. The van der Waals surface area contributed by atoms with Gasteiger partial charge in [0.25, 0.3) is 0 Å². The Morgan fingerprint density at radius 1 is 0.944 bits per heavy atom. The molecule has 0 atom stereocenters. The molecule has 2 aromatic heterocycles. The zero-order valence-electron chi connectivity index (χ0n) is 18.5. The monoisotopic (exact) mass is 482 g/mol. The first-order valence-electron chi connectivity index (χ1n) is 11.0. The summed E-state index contributed by atoms with van der Waals surface area (Å²) in [4.78, 5) is 24.7. The second kappa shape index (κ2) is 8.38. The fourth-order valence-corrected chi connectivity index (χ4v) is 4.22. The van der Waals surface area contributed by atoms with Crippen molar-refractivity contribution in [2.75, 3.05) is 5.32 Å². The van der Waals surface area contributed by atoms with Crippen LogP contribution in [0.25, 0.3) is 22.2 Å². The number of fused-ring (bicyclic) bond motifs is 5. The molecule has 0 spiro atoms. The second-order valence-corrected chi connectivity index (χ2v) is 8.14. The lowest BCUT2D eigenvalue weighted by Crippen LogP contribution is -2.09. The highest BCUT2D eigenvalue weighted by Gasteiger charge is 2.30. The first kappa shape index (κ1) is 21.6. The van der Waals surface area contributed by atoms with Gasteiger partial charge in [0.1, 0.15) is 22.9 Å². The number of aromatic carboxylic acids is 1. The lowest BCUT2D eigenvalue weighted by Gasteiger charge is -2.10. The van der Waals surface area contributed by atoms with Gasteiger partial charge in [-0.25, -0.2) is 23.5 Å². The van der Waals surface area contributed by atoms with E-state index in [4.69, 9.17) is 14.5 Å². The second-order valence-electron chi connectivity index (χ2n) is 8.14. The molecule has 0 fully saturated rings. The molecule has 5 aromatic rings. The highest BCUT2D eigenvalue weighted by atomic mass is 19.1. The van der Waals surface area contributed by atoms with E-state index in [2.05, 4.69) is 15.3 Å². The van der Waals surface area contributed by atoms with E-state index in [1.54, 1.807) is 30.5 Å². The van der Waals surface area contributed by atoms with E-state index >= 15 is 0 Å². The van der Waals surface area contributed by atoms with Gasteiger partial charge in [-0.05, 0) is 42.5 Å². The summed E-state index contributed by atoms with van der Waals surface area (Å²) < 4.78 is 35.7. The quantitative estimate of drug-likeness (QED) is 0.328. The highest BCUT2D eigenvalue weighted by molar-refractivity contribution is 6.19. The van der Waals surface area contributed by atoms with Crippen molar-refractivity contribution in [1.29, 1.82) is 0 Å². The minimum atomic E-state index is -1.02. The van der Waals surface area contributed by atoms with E-state index in [9.17, 15) is 13.6 Å². The van der Waals surface area contributed by atoms with Crippen molar-refractivity contribution < 1.29 is 23.1 Å². The zero-order valence-corrected chi connectivity index (χ0v) is 18.5. The van der Waals surface area contributed by atoms with Crippen molar-refractivity contribution in [3.63, 3.8) is 0 Å². The Balaban J connectivity index is 1.51. The molecule has 1 aliphatic heterocycles. The van der Waals surface area contributed by atoms with Crippen molar-refractivity contribution >= 4 is 34.3 Å². The summed E-state index contributed by atoms with van der Waals surface area (Å²) in [6.45, 7) is 0.0879. The number of hydrogen-bond donors (Lipinski definition) is 2. The summed E-state index contributed by atoms with van der Waals surface area (Å²) in [7, 11) is 0. The van der Waals surface area contributed by atoms with E-state index in [-0.39, 0.29) is 35.1 Å². The molecule has 9 heteroatoms. The van der Waals surface area contributed by atoms with Crippen LogP contribution >= 0.6 is 0 Å². The van der Waals surface area contributed by atoms with Gasteiger partial charge in [0.2, 0.25) is 5.95 Å². The Kier molecular flexibility index (Phi) is 5.03. The number of rotatable bonds is 4. The predicted molar refractivity (Wildman–Crippen MR) is 130 cm³/mol. The number of para-hydroxylation sites is 1. The molecule has 0 amide bonds. The van der Waals surface area contributed by atoms with Gasteiger partial charge < -0.3 is 14.8 Å². The summed E-state index contributed by atoms with van der Waals surface area (Å²) in [6.07, 6.45) is 1.60.